The van der Waals surface area contributed by atoms with Gasteiger partial charge in [0.05, 0.1) is 11.9 Å². The van der Waals surface area contributed by atoms with Gasteiger partial charge in [-0.1, -0.05) is 5.16 Å². The molecule has 2 amide bonds. The van der Waals surface area contributed by atoms with E-state index in [0.29, 0.717) is 43.5 Å². The van der Waals surface area contributed by atoms with Crippen molar-refractivity contribution in [3.05, 3.63) is 53.9 Å². The van der Waals surface area contributed by atoms with Crippen molar-refractivity contribution >= 4 is 11.8 Å². The molecule has 10 heteroatoms. The number of pyridine rings is 1. The van der Waals surface area contributed by atoms with Crippen molar-refractivity contribution in [2.45, 2.75) is 25.3 Å². The van der Waals surface area contributed by atoms with E-state index >= 15 is 0 Å². The Hall–Kier alpha value is -3.27. The summed E-state index contributed by atoms with van der Waals surface area (Å²) in [6.45, 7) is 2.84. The molecule has 1 fully saturated rings. The second-order valence-electron chi connectivity index (χ2n) is 6.59. The highest BCUT2D eigenvalue weighted by Crippen LogP contribution is 2.32. The molecule has 0 atom stereocenters. The van der Waals surface area contributed by atoms with Gasteiger partial charge in [-0.2, -0.15) is 0 Å². The van der Waals surface area contributed by atoms with Crippen LogP contribution < -0.4 is 10.6 Å². The quantitative estimate of drug-likeness (QED) is 0.714. The summed E-state index contributed by atoms with van der Waals surface area (Å²) in [6.07, 6.45) is 3.87. The molecule has 3 aromatic rings. The van der Waals surface area contributed by atoms with Gasteiger partial charge < -0.3 is 14.6 Å². The molecule has 1 saturated heterocycles. The largest absolute Gasteiger partial charge is 0.381 e. The molecule has 0 radical (unpaired) electrons. The maximum Gasteiger partial charge on any atom is 0.321 e. The molecule has 1 aliphatic rings. The molecular weight excluding hydrogens is 367 g/mol. The Morgan fingerprint density at radius 1 is 1.29 bits per heavy atom. The fourth-order valence-electron chi connectivity index (χ4n) is 3.13. The number of halogens is 1. The Balaban J connectivity index is 1.48. The molecule has 28 heavy (non-hydrogen) atoms. The molecule has 4 rings (SSSR count). The van der Waals surface area contributed by atoms with E-state index in [1.54, 1.807) is 12.3 Å². The number of urea groups is 1. The summed E-state index contributed by atoms with van der Waals surface area (Å²) in [7, 11) is 0. The summed E-state index contributed by atoms with van der Waals surface area (Å²) >= 11 is 0. The third-order valence-electron chi connectivity index (χ3n) is 4.58. The van der Waals surface area contributed by atoms with Crippen molar-refractivity contribution in [1.29, 1.82) is 0 Å². The van der Waals surface area contributed by atoms with Gasteiger partial charge in [-0.05, 0) is 19.1 Å². The summed E-state index contributed by atoms with van der Waals surface area (Å²) < 4.78 is 25.3. The average Bonchev–Trinajstić information content (AvgIpc) is 3.32. The molecule has 1 aliphatic heterocycles. The fourth-order valence-corrected chi connectivity index (χ4v) is 3.13. The van der Waals surface area contributed by atoms with Crippen LogP contribution in [0.5, 0.6) is 0 Å². The normalized spacial score (nSPS) is 15.9. The number of nitrogens with one attached hydrogen (secondary N) is 2. The van der Waals surface area contributed by atoms with Gasteiger partial charge in [0, 0.05) is 44.4 Å². The first-order chi connectivity index (χ1) is 13.5. The minimum absolute atomic E-state index is 0.333. The minimum atomic E-state index is -0.690. The van der Waals surface area contributed by atoms with Crippen LogP contribution in [-0.2, 0) is 10.3 Å². The lowest BCUT2D eigenvalue weighted by Gasteiger charge is -2.35. The van der Waals surface area contributed by atoms with Crippen LogP contribution in [-0.4, -0.2) is 39.2 Å². The predicted molar refractivity (Wildman–Crippen MR) is 96.4 cm³/mol. The van der Waals surface area contributed by atoms with E-state index in [1.807, 2.05) is 13.0 Å². The number of carbonyl (C=O) groups excluding carboxylic acids is 1. The van der Waals surface area contributed by atoms with Crippen molar-refractivity contribution in [2.24, 2.45) is 0 Å². The molecule has 4 heterocycles. The zero-order chi connectivity index (χ0) is 19.6. The fraction of sp³-hybridized carbons (Fsp3) is 0.333. The van der Waals surface area contributed by atoms with Gasteiger partial charge in [-0.15, -0.1) is 5.10 Å². The Morgan fingerprint density at radius 3 is 2.79 bits per heavy atom. The Morgan fingerprint density at radius 2 is 2.11 bits per heavy atom. The highest BCUT2D eigenvalue weighted by Gasteiger charge is 2.39. The number of hydrogen-bond acceptors (Lipinski definition) is 6. The smallest absolute Gasteiger partial charge is 0.321 e. The van der Waals surface area contributed by atoms with E-state index in [9.17, 15) is 9.18 Å². The second kappa shape index (κ2) is 7.39. The standard InChI is InChI=1S/C18H19FN6O3/c1-12-10-14(28-24-12)18(5-8-27-9-6-18)22-17(26)21-15-4-7-25(23-15)16-3-2-13(19)11-20-16/h2-4,7,10-11H,5-6,8-9H2,1H3,(H2,21,22,23,26). The van der Waals surface area contributed by atoms with Gasteiger partial charge in [0.2, 0.25) is 0 Å². The van der Waals surface area contributed by atoms with E-state index in [4.69, 9.17) is 9.26 Å². The van der Waals surface area contributed by atoms with E-state index in [1.165, 1.54) is 16.8 Å². The van der Waals surface area contributed by atoms with Gasteiger partial charge in [-0.25, -0.2) is 18.9 Å². The predicted octanol–water partition coefficient (Wildman–Crippen LogP) is 2.53. The van der Waals surface area contributed by atoms with Crippen molar-refractivity contribution in [2.75, 3.05) is 18.5 Å². The van der Waals surface area contributed by atoms with Crippen LogP contribution in [0.1, 0.15) is 24.3 Å². The molecule has 2 N–H and O–H groups in total. The minimum Gasteiger partial charge on any atom is -0.381 e. The van der Waals surface area contributed by atoms with Gasteiger partial charge >= 0.3 is 6.03 Å². The molecule has 3 aromatic heterocycles. The topological polar surface area (TPSA) is 107 Å². The van der Waals surface area contributed by atoms with Crippen LogP contribution in [0.3, 0.4) is 0 Å². The monoisotopic (exact) mass is 386 g/mol. The molecule has 0 saturated carbocycles. The van der Waals surface area contributed by atoms with Crippen LogP contribution in [0.25, 0.3) is 5.82 Å². The zero-order valence-electron chi connectivity index (χ0n) is 15.2. The molecule has 0 aliphatic carbocycles. The van der Waals surface area contributed by atoms with Crippen molar-refractivity contribution in [3.63, 3.8) is 0 Å². The zero-order valence-corrected chi connectivity index (χ0v) is 15.2. The number of ether oxygens (including phenoxy) is 1. The third-order valence-corrected chi connectivity index (χ3v) is 4.58. The lowest BCUT2D eigenvalue weighted by molar-refractivity contribution is 0.0307. The van der Waals surface area contributed by atoms with E-state index < -0.39 is 17.4 Å². The molecule has 0 aromatic carbocycles. The summed E-state index contributed by atoms with van der Waals surface area (Å²) in [5.74, 6) is 0.940. The first kappa shape index (κ1) is 18.1. The van der Waals surface area contributed by atoms with Crippen molar-refractivity contribution in [1.82, 2.24) is 25.2 Å². The Kier molecular flexibility index (Phi) is 4.78. The number of rotatable bonds is 4. The number of anilines is 1. The summed E-state index contributed by atoms with van der Waals surface area (Å²) in [4.78, 5) is 16.6. The van der Waals surface area contributed by atoms with Crippen LogP contribution in [0.4, 0.5) is 15.0 Å². The number of carbonyl (C=O) groups is 1. The van der Waals surface area contributed by atoms with Crippen LogP contribution in [0.15, 0.2) is 41.2 Å². The second-order valence-corrected chi connectivity index (χ2v) is 6.59. The maximum absolute atomic E-state index is 13.0. The highest BCUT2D eigenvalue weighted by molar-refractivity contribution is 5.88. The molecule has 146 valence electrons. The summed E-state index contributed by atoms with van der Waals surface area (Å²) in [5, 5.41) is 13.9. The van der Waals surface area contributed by atoms with E-state index in [0.717, 1.165) is 11.9 Å². The number of amides is 2. The summed E-state index contributed by atoms with van der Waals surface area (Å²) in [5.41, 5.74) is 0.0543. The van der Waals surface area contributed by atoms with Gasteiger partial charge in [0.15, 0.2) is 17.4 Å². The van der Waals surface area contributed by atoms with Gasteiger partial charge in [-0.3, -0.25) is 5.32 Å². The molecule has 0 unspecified atom stereocenters. The highest BCUT2D eigenvalue weighted by atomic mass is 19.1. The average molecular weight is 386 g/mol. The summed E-state index contributed by atoms with van der Waals surface area (Å²) in [6, 6.07) is 5.81. The molecular formula is C18H19FN6O3. The van der Waals surface area contributed by atoms with Gasteiger partial charge in [0.1, 0.15) is 11.4 Å². The molecule has 9 nitrogen and oxygen atoms in total. The maximum atomic E-state index is 13.0. The first-order valence-corrected chi connectivity index (χ1v) is 8.82. The number of nitrogens with zero attached hydrogens (tertiary/aromatic N) is 4. The van der Waals surface area contributed by atoms with E-state index in [2.05, 4.69) is 25.9 Å². The van der Waals surface area contributed by atoms with E-state index in [-0.39, 0.29) is 0 Å². The van der Waals surface area contributed by atoms with Crippen LogP contribution >= 0.6 is 0 Å². The van der Waals surface area contributed by atoms with Crippen LogP contribution in [0.2, 0.25) is 0 Å². The lowest BCUT2D eigenvalue weighted by atomic mass is 9.87. The number of hydrogen-bond donors (Lipinski definition) is 2. The molecule has 0 spiro atoms. The lowest BCUT2D eigenvalue weighted by Crippen LogP contribution is -2.50. The van der Waals surface area contributed by atoms with Crippen molar-refractivity contribution in [3.8, 4) is 5.82 Å². The van der Waals surface area contributed by atoms with Crippen LogP contribution in [0, 0.1) is 12.7 Å². The third kappa shape index (κ3) is 3.72. The van der Waals surface area contributed by atoms with Gasteiger partial charge in [0.25, 0.3) is 0 Å². The SMILES string of the molecule is Cc1cc(C2(NC(=O)Nc3ccn(-c4ccc(F)cn4)n3)CCOCC2)on1. The van der Waals surface area contributed by atoms with Crippen molar-refractivity contribution < 1.29 is 18.4 Å². The first-order valence-electron chi connectivity index (χ1n) is 8.82. The Labute approximate surface area is 159 Å². The number of aromatic nitrogens is 4. The molecule has 0 bridgehead atoms. The Bertz CT molecular complexity index is 962. The number of aryl methyl sites for hydroxylation is 1.